The van der Waals surface area contributed by atoms with Crippen LogP contribution in [0.5, 0.6) is 0 Å². The topological polar surface area (TPSA) is 92.6 Å². The molecule has 1 aliphatic heterocycles. The van der Waals surface area contributed by atoms with E-state index >= 15 is 0 Å². The van der Waals surface area contributed by atoms with Gasteiger partial charge in [-0.15, -0.1) is 0 Å². The summed E-state index contributed by atoms with van der Waals surface area (Å²) in [5.41, 5.74) is 2.76. The van der Waals surface area contributed by atoms with E-state index in [-0.39, 0.29) is 11.8 Å². The van der Waals surface area contributed by atoms with Crippen LogP contribution in [0.3, 0.4) is 0 Å². The predicted octanol–water partition coefficient (Wildman–Crippen LogP) is 2.62. The van der Waals surface area contributed by atoms with Gasteiger partial charge in [0.2, 0.25) is 5.91 Å². The Hall–Kier alpha value is -3.55. The van der Waals surface area contributed by atoms with Gasteiger partial charge in [0.1, 0.15) is 12.4 Å². The van der Waals surface area contributed by atoms with Gasteiger partial charge in [-0.05, 0) is 37.1 Å². The van der Waals surface area contributed by atoms with Crippen molar-refractivity contribution in [1.29, 1.82) is 0 Å². The molecule has 1 N–H and O–H groups in total. The van der Waals surface area contributed by atoms with Crippen LogP contribution >= 0.6 is 0 Å². The van der Waals surface area contributed by atoms with E-state index in [9.17, 15) is 4.79 Å². The summed E-state index contributed by atoms with van der Waals surface area (Å²) in [6.45, 7) is 1.71. The standard InChI is InChI=1S/C21H21N7O/c29-19(13-28-14-23-17-7-1-2-8-18(17)28)27-10-4-6-16(12-27)21-24-20(25-26-21)15-5-3-9-22-11-15/h1-3,5,7-9,11,14,16H,4,6,10,12-13H2,(H,24,25,26). The highest BCUT2D eigenvalue weighted by Crippen LogP contribution is 2.26. The summed E-state index contributed by atoms with van der Waals surface area (Å²) in [5.74, 6) is 1.73. The molecule has 3 aromatic heterocycles. The van der Waals surface area contributed by atoms with Gasteiger partial charge in [0.15, 0.2) is 5.82 Å². The number of fused-ring (bicyclic) bond motifs is 1. The van der Waals surface area contributed by atoms with Crippen molar-refractivity contribution in [3.05, 3.63) is 60.9 Å². The normalized spacial score (nSPS) is 17.0. The quantitative estimate of drug-likeness (QED) is 0.581. The molecule has 1 saturated heterocycles. The van der Waals surface area contributed by atoms with Gasteiger partial charge in [0, 0.05) is 37.0 Å². The van der Waals surface area contributed by atoms with Crippen LogP contribution in [0.2, 0.25) is 0 Å². The third-order valence-electron chi connectivity index (χ3n) is 5.42. The number of aromatic amines is 1. The average Bonchev–Trinajstić information content (AvgIpc) is 3.43. The van der Waals surface area contributed by atoms with Crippen LogP contribution in [0.1, 0.15) is 24.6 Å². The van der Waals surface area contributed by atoms with Crippen molar-refractivity contribution >= 4 is 16.9 Å². The number of aromatic nitrogens is 6. The molecule has 1 aliphatic rings. The predicted molar refractivity (Wildman–Crippen MR) is 108 cm³/mol. The number of hydrogen-bond acceptors (Lipinski definition) is 5. The number of benzene rings is 1. The van der Waals surface area contributed by atoms with E-state index in [1.54, 1.807) is 18.7 Å². The zero-order valence-corrected chi connectivity index (χ0v) is 15.9. The van der Waals surface area contributed by atoms with E-state index in [2.05, 4.69) is 25.1 Å². The molecular formula is C21H21N7O. The molecule has 1 fully saturated rings. The Kier molecular flexibility index (Phi) is 4.51. The summed E-state index contributed by atoms with van der Waals surface area (Å²) in [7, 11) is 0. The van der Waals surface area contributed by atoms with Crippen molar-refractivity contribution in [2.45, 2.75) is 25.3 Å². The number of nitrogens with one attached hydrogen (secondary N) is 1. The van der Waals surface area contributed by atoms with Crippen molar-refractivity contribution in [3.8, 4) is 11.4 Å². The Labute approximate surface area is 167 Å². The lowest BCUT2D eigenvalue weighted by molar-refractivity contribution is -0.133. The molecule has 0 saturated carbocycles. The molecule has 1 atom stereocenters. The maximum absolute atomic E-state index is 12.9. The van der Waals surface area contributed by atoms with Gasteiger partial charge in [-0.2, -0.15) is 5.10 Å². The number of amides is 1. The lowest BCUT2D eigenvalue weighted by atomic mass is 9.97. The summed E-state index contributed by atoms with van der Waals surface area (Å²) in [6, 6.07) is 11.7. The van der Waals surface area contributed by atoms with Crippen LogP contribution in [-0.2, 0) is 11.3 Å². The van der Waals surface area contributed by atoms with Gasteiger partial charge in [0.25, 0.3) is 0 Å². The Morgan fingerprint density at radius 1 is 1.21 bits per heavy atom. The van der Waals surface area contributed by atoms with E-state index in [0.717, 1.165) is 41.8 Å². The molecule has 8 nitrogen and oxygen atoms in total. The Morgan fingerprint density at radius 3 is 3.03 bits per heavy atom. The van der Waals surface area contributed by atoms with Crippen molar-refractivity contribution in [1.82, 2.24) is 34.6 Å². The van der Waals surface area contributed by atoms with E-state index in [1.807, 2.05) is 45.9 Å². The Bertz CT molecular complexity index is 1130. The minimum atomic E-state index is 0.102. The number of H-pyrrole nitrogens is 1. The summed E-state index contributed by atoms with van der Waals surface area (Å²) in [4.78, 5) is 28.0. The monoisotopic (exact) mass is 387 g/mol. The maximum atomic E-state index is 12.9. The highest BCUT2D eigenvalue weighted by atomic mass is 16.2. The van der Waals surface area contributed by atoms with Crippen LogP contribution in [-0.4, -0.2) is 53.6 Å². The van der Waals surface area contributed by atoms with E-state index in [4.69, 9.17) is 0 Å². The van der Waals surface area contributed by atoms with Crippen LogP contribution in [0.4, 0.5) is 0 Å². The van der Waals surface area contributed by atoms with Crippen LogP contribution in [0.25, 0.3) is 22.4 Å². The molecule has 29 heavy (non-hydrogen) atoms. The first-order valence-corrected chi connectivity index (χ1v) is 9.78. The lowest BCUT2D eigenvalue weighted by Gasteiger charge is -2.31. The fourth-order valence-corrected chi connectivity index (χ4v) is 3.89. The van der Waals surface area contributed by atoms with Gasteiger partial charge in [0.05, 0.1) is 17.4 Å². The molecule has 5 rings (SSSR count). The fraction of sp³-hybridized carbons (Fsp3) is 0.286. The number of rotatable bonds is 4. The van der Waals surface area contributed by atoms with Crippen molar-refractivity contribution in [2.75, 3.05) is 13.1 Å². The summed E-state index contributed by atoms with van der Waals surface area (Å²) < 4.78 is 1.91. The smallest absolute Gasteiger partial charge is 0.242 e. The first-order valence-electron chi connectivity index (χ1n) is 9.78. The highest BCUT2D eigenvalue weighted by Gasteiger charge is 2.27. The first kappa shape index (κ1) is 17.5. The van der Waals surface area contributed by atoms with Crippen molar-refractivity contribution in [3.63, 3.8) is 0 Å². The third kappa shape index (κ3) is 3.49. The number of likely N-dealkylation sites (tertiary alicyclic amines) is 1. The molecule has 8 heteroatoms. The number of nitrogens with zero attached hydrogens (tertiary/aromatic N) is 6. The average molecular weight is 387 g/mol. The first-order chi connectivity index (χ1) is 14.3. The summed E-state index contributed by atoms with van der Waals surface area (Å²) in [6.07, 6.45) is 7.15. The number of pyridine rings is 1. The molecule has 1 unspecified atom stereocenters. The number of para-hydroxylation sites is 2. The molecule has 0 bridgehead atoms. The fourth-order valence-electron chi connectivity index (χ4n) is 3.89. The maximum Gasteiger partial charge on any atom is 0.242 e. The van der Waals surface area contributed by atoms with E-state index < -0.39 is 0 Å². The summed E-state index contributed by atoms with van der Waals surface area (Å²) >= 11 is 0. The second kappa shape index (κ2) is 7.46. The number of imidazole rings is 1. The molecule has 146 valence electrons. The number of piperidine rings is 1. The number of carbonyl (C=O) groups is 1. The molecule has 0 aliphatic carbocycles. The van der Waals surface area contributed by atoms with Crippen molar-refractivity contribution < 1.29 is 4.79 Å². The minimum Gasteiger partial charge on any atom is -0.340 e. The molecule has 4 aromatic rings. The summed E-state index contributed by atoms with van der Waals surface area (Å²) in [5, 5.41) is 7.40. The third-order valence-corrected chi connectivity index (χ3v) is 5.42. The van der Waals surface area contributed by atoms with Gasteiger partial charge in [-0.25, -0.2) is 9.97 Å². The van der Waals surface area contributed by atoms with Crippen LogP contribution in [0.15, 0.2) is 55.1 Å². The molecule has 0 radical (unpaired) electrons. The molecule has 4 heterocycles. The molecule has 1 aromatic carbocycles. The number of carbonyl (C=O) groups excluding carboxylic acids is 1. The van der Waals surface area contributed by atoms with Gasteiger partial charge in [-0.1, -0.05) is 12.1 Å². The SMILES string of the molecule is O=C(Cn1cnc2ccccc21)N1CCCC(c2nc(-c3cccnc3)n[nH]2)C1. The second-order valence-corrected chi connectivity index (χ2v) is 7.33. The Balaban J connectivity index is 1.29. The Morgan fingerprint density at radius 2 is 2.14 bits per heavy atom. The minimum absolute atomic E-state index is 0.102. The van der Waals surface area contributed by atoms with Crippen LogP contribution in [0, 0.1) is 0 Å². The van der Waals surface area contributed by atoms with E-state index in [0.29, 0.717) is 18.9 Å². The molecule has 0 spiro atoms. The van der Waals surface area contributed by atoms with Gasteiger partial charge >= 0.3 is 0 Å². The number of hydrogen-bond donors (Lipinski definition) is 1. The second-order valence-electron chi connectivity index (χ2n) is 7.33. The highest BCUT2D eigenvalue weighted by molar-refractivity contribution is 5.80. The molecular weight excluding hydrogens is 366 g/mol. The zero-order chi connectivity index (χ0) is 19.6. The van der Waals surface area contributed by atoms with Gasteiger partial charge < -0.3 is 9.47 Å². The largest absolute Gasteiger partial charge is 0.340 e. The van der Waals surface area contributed by atoms with E-state index in [1.165, 1.54) is 0 Å². The molecule has 1 amide bonds. The van der Waals surface area contributed by atoms with Crippen molar-refractivity contribution in [2.24, 2.45) is 0 Å². The lowest BCUT2D eigenvalue weighted by Crippen LogP contribution is -2.41. The van der Waals surface area contributed by atoms with Gasteiger partial charge in [-0.3, -0.25) is 14.9 Å². The van der Waals surface area contributed by atoms with Crippen LogP contribution < -0.4 is 0 Å². The zero-order valence-electron chi connectivity index (χ0n) is 15.9.